The Morgan fingerprint density at radius 2 is 1.92 bits per heavy atom. The molecule has 0 aliphatic rings. The van der Waals surface area contributed by atoms with Gasteiger partial charge in [0.25, 0.3) is 5.56 Å². The van der Waals surface area contributed by atoms with Crippen LogP contribution >= 0.6 is 0 Å². The van der Waals surface area contributed by atoms with E-state index in [1.807, 2.05) is 25.1 Å². The first-order valence-electron chi connectivity index (χ1n) is 7.99. The quantitative estimate of drug-likeness (QED) is 0.624. The molecular formula is C19H15FN4O. The van der Waals surface area contributed by atoms with Crippen LogP contribution in [0, 0.1) is 5.82 Å². The monoisotopic (exact) mass is 334 g/mol. The number of nitrogens with zero attached hydrogens (tertiary/aromatic N) is 3. The minimum atomic E-state index is -0.305. The fourth-order valence-corrected chi connectivity index (χ4v) is 2.91. The van der Waals surface area contributed by atoms with E-state index in [1.165, 1.54) is 22.7 Å². The Bertz CT molecular complexity index is 1100. The first kappa shape index (κ1) is 15.3. The van der Waals surface area contributed by atoms with E-state index in [0.29, 0.717) is 23.5 Å². The number of nitrogens with one attached hydrogen (secondary N) is 1. The molecule has 0 radical (unpaired) electrons. The predicted molar refractivity (Wildman–Crippen MR) is 93.8 cm³/mol. The molecule has 0 aliphatic carbocycles. The van der Waals surface area contributed by atoms with Gasteiger partial charge in [-0.25, -0.2) is 13.9 Å². The third-order valence-corrected chi connectivity index (χ3v) is 4.10. The van der Waals surface area contributed by atoms with Crippen LogP contribution in [0.3, 0.4) is 0 Å². The van der Waals surface area contributed by atoms with Gasteiger partial charge in [0, 0.05) is 23.5 Å². The maximum atomic E-state index is 13.3. The third-order valence-electron chi connectivity index (χ3n) is 4.10. The molecule has 0 saturated carbocycles. The zero-order valence-electron chi connectivity index (χ0n) is 13.5. The number of pyridine rings is 1. The molecule has 3 aromatic heterocycles. The lowest BCUT2D eigenvalue weighted by atomic mass is 10.0. The first-order valence-corrected chi connectivity index (χ1v) is 7.99. The SMILES string of the molecule is CCc1[nH]n2c(=O)cc(-c3ccccn3)nc2c1-c1ccc(F)cc1. The van der Waals surface area contributed by atoms with Gasteiger partial charge in [-0.05, 0) is 36.2 Å². The van der Waals surface area contributed by atoms with E-state index in [4.69, 9.17) is 0 Å². The van der Waals surface area contributed by atoms with Gasteiger partial charge in [-0.2, -0.15) is 0 Å². The Labute approximate surface area is 142 Å². The van der Waals surface area contributed by atoms with Crippen LogP contribution in [0.5, 0.6) is 0 Å². The highest BCUT2D eigenvalue weighted by molar-refractivity contribution is 5.81. The number of hydrogen-bond acceptors (Lipinski definition) is 3. The summed E-state index contributed by atoms with van der Waals surface area (Å²) in [6.45, 7) is 1.99. The number of H-pyrrole nitrogens is 1. The number of hydrogen-bond donors (Lipinski definition) is 1. The minimum absolute atomic E-state index is 0.214. The summed E-state index contributed by atoms with van der Waals surface area (Å²) < 4.78 is 14.7. The Hall–Kier alpha value is -3.28. The highest BCUT2D eigenvalue weighted by Gasteiger charge is 2.17. The van der Waals surface area contributed by atoms with Gasteiger partial charge in [-0.3, -0.25) is 14.9 Å². The summed E-state index contributed by atoms with van der Waals surface area (Å²) in [6, 6.07) is 13.1. The fourth-order valence-electron chi connectivity index (χ4n) is 2.91. The molecule has 124 valence electrons. The van der Waals surface area contributed by atoms with Crippen LogP contribution in [0.25, 0.3) is 28.2 Å². The van der Waals surface area contributed by atoms with Crippen molar-refractivity contribution in [3.63, 3.8) is 0 Å². The molecule has 0 bridgehead atoms. The maximum Gasteiger partial charge on any atom is 0.273 e. The Morgan fingerprint density at radius 1 is 1.12 bits per heavy atom. The van der Waals surface area contributed by atoms with Crippen LogP contribution in [-0.4, -0.2) is 19.6 Å². The van der Waals surface area contributed by atoms with Crippen LogP contribution in [-0.2, 0) is 6.42 Å². The van der Waals surface area contributed by atoms with Crippen molar-refractivity contribution >= 4 is 5.65 Å². The average molecular weight is 334 g/mol. The number of benzene rings is 1. The van der Waals surface area contributed by atoms with Crippen molar-refractivity contribution < 1.29 is 4.39 Å². The van der Waals surface area contributed by atoms with Crippen LogP contribution in [0.1, 0.15) is 12.6 Å². The van der Waals surface area contributed by atoms with E-state index in [-0.39, 0.29) is 11.4 Å². The van der Waals surface area contributed by atoms with Crippen molar-refractivity contribution in [3.8, 4) is 22.5 Å². The normalized spacial score (nSPS) is 11.1. The van der Waals surface area contributed by atoms with Crippen molar-refractivity contribution in [1.82, 2.24) is 19.6 Å². The Morgan fingerprint density at radius 3 is 2.60 bits per heavy atom. The number of aromatic nitrogens is 4. The summed E-state index contributed by atoms with van der Waals surface area (Å²) in [5, 5.41) is 3.10. The van der Waals surface area contributed by atoms with Crippen LogP contribution in [0.4, 0.5) is 4.39 Å². The molecule has 0 amide bonds. The molecule has 0 fully saturated rings. The van der Waals surface area contributed by atoms with Gasteiger partial charge in [0.05, 0.1) is 11.4 Å². The topological polar surface area (TPSA) is 63.0 Å². The van der Waals surface area contributed by atoms with Crippen molar-refractivity contribution in [2.45, 2.75) is 13.3 Å². The second kappa shape index (κ2) is 5.98. The standard InChI is InChI=1S/C19H15FN4O/c1-2-14-18(12-6-8-13(20)9-7-12)19-22-16(11-17(25)24(19)23-14)15-5-3-4-10-21-15/h3-11,23H,2H2,1H3. The molecule has 3 heterocycles. The summed E-state index contributed by atoms with van der Waals surface area (Å²) in [4.78, 5) is 21.5. The molecule has 0 saturated heterocycles. The number of halogens is 1. The van der Waals surface area contributed by atoms with Crippen molar-refractivity contribution in [2.24, 2.45) is 0 Å². The third kappa shape index (κ3) is 2.61. The first-order chi connectivity index (χ1) is 12.2. The van der Waals surface area contributed by atoms with Gasteiger partial charge >= 0.3 is 0 Å². The van der Waals surface area contributed by atoms with E-state index >= 15 is 0 Å². The molecule has 0 aliphatic heterocycles. The van der Waals surface area contributed by atoms with Gasteiger partial charge in [-0.15, -0.1) is 0 Å². The average Bonchev–Trinajstić information content (AvgIpc) is 3.02. The minimum Gasteiger partial charge on any atom is -0.293 e. The maximum absolute atomic E-state index is 13.3. The zero-order valence-corrected chi connectivity index (χ0v) is 13.5. The second-order valence-electron chi connectivity index (χ2n) is 5.68. The van der Waals surface area contributed by atoms with Gasteiger partial charge in [-0.1, -0.05) is 25.1 Å². The Kier molecular flexibility index (Phi) is 3.65. The fraction of sp³-hybridized carbons (Fsp3) is 0.105. The lowest BCUT2D eigenvalue weighted by molar-refractivity contribution is 0.628. The van der Waals surface area contributed by atoms with Gasteiger partial charge in [0.15, 0.2) is 5.65 Å². The number of rotatable bonds is 3. The van der Waals surface area contributed by atoms with E-state index < -0.39 is 0 Å². The van der Waals surface area contributed by atoms with Crippen molar-refractivity contribution in [3.05, 3.63) is 76.6 Å². The summed E-state index contributed by atoms with van der Waals surface area (Å²) >= 11 is 0. The van der Waals surface area contributed by atoms with Crippen LogP contribution in [0.15, 0.2) is 59.5 Å². The lowest BCUT2D eigenvalue weighted by Gasteiger charge is -2.03. The highest BCUT2D eigenvalue weighted by atomic mass is 19.1. The molecule has 5 nitrogen and oxygen atoms in total. The van der Waals surface area contributed by atoms with Crippen molar-refractivity contribution in [1.29, 1.82) is 0 Å². The number of aryl methyl sites for hydroxylation is 1. The number of aromatic amines is 1. The summed E-state index contributed by atoms with van der Waals surface area (Å²) in [6.07, 6.45) is 2.35. The summed E-state index contributed by atoms with van der Waals surface area (Å²) in [7, 11) is 0. The highest BCUT2D eigenvalue weighted by Crippen LogP contribution is 2.28. The van der Waals surface area contributed by atoms with E-state index in [0.717, 1.165) is 16.8 Å². The molecule has 4 aromatic rings. The molecule has 25 heavy (non-hydrogen) atoms. The number of fused-ring (bicyclic) bond motifs is 1. The van der Waals surface area contributed by atoms with E-state index in [1.54, 1.807) is 18.3 Å². The van der Waals surface area contributed by atoms with E-state index in [2.05, 4.69) is 15.1 Å². The summed E-state index contributed by atoms with van der Waals surface area (Å²) in [5.74, 6) is -0.305. The van der Waals surface area contributed by atoms with Crippen LogP contribution < -0.4 is 5.56 Å². The van der Waals surface area contributed by atoms with Crippen molar-refractivity contribution in [2.75, 3.05) is 0 Å². The zero-order chi connectivity index (χ0) is 17.4. The molecule has 4 rings (SSSR count). The van der Waals surface area contributed by atoms with Gasteiger partial charge in [0.1, 0.15) is 5.82 Å². The molecule has 1 N–H and O–H groups in total. The smallest absolute Gasteiger partial charge is 0.273 e. The molecule has 1 aromatic carbocycles. The van der Waals surface area contributed by atoms with Crippen LogP contribution in [0.2, 0.25) is 0 Å². The molecular weight excluding hydrogens is 319 g/mol. The predicted octanol–water partition coefficient (Wildman–Crippen LogP) is 3.45. The lowest BCUT2D eigenvalue weighted by Crippen LogP contribution is -2.14. The summed E-state index contributed by atoms with van der Waals surface area (Å²) in [5.41, 5.74) is 3.92. The molecule has 6 heteroatoms. The largest absolute Gasteiger partial charge is 0.293 e. The van der Waals surface area contributed by atoms with E-state index in [9.17, 15) is 9.18 Å². The van der Waals surface area contributed by atoms with Gasteiger partial charge < -0.3 is 0 Å². The molecule has 0 spiro atoms. The molecule has 0 unspecified atom stereocenters. The van der Waals surface area contributed by atoms with Gasteiger partial charge in [0.2, 0.25) is 0 Å². The molecule has 0 atom stereocenters. The second-order valence-corrected chi connectivity index (χ2v) is 5.68. The Balaban J connectivity index is 2.02.